The minimum absolute atomic E-state index is 0.226. The molecule has 0 saturated carbocycles. The molecule has 1 aliphatic heterocycles. The molecular weight excluding hydrogens is 620 g/mol. The van der Waals surface area contributed by atoms with E-state index in [0.717, 1.165) is 23.1 Å². The van der Waals surface area contributed by atoms with Gasteiger partial charge in [-0.25, -0.2) is 9.79 Å². The lowest BCUT2D eigenvalue weighted by atomic mass is 9.92. The van der Waals surface area contributed by atoms with E-state index in [9.17, 15) is 9.59 Å². The number of ether oxygens (including phenoxy) is 3. The summed E-state index contributed by atoms with van der Waals surface area (Å²) in [5.41, 5.74) is 4.50. The van der Waals surface area contributed by atoms with E-state index >= 15 is 0 Å². The van der Waals surface area contributed by atoms with Gasteiger partial charge in [0, 0.05) is 10.6 Å². The second kappa shape index (κ2) is 15.0. The lowest BCUT2D eigenvalue weighted by Gasteiger charge is -2.26. The first kappa shape index (κ1) is 33.2. The van der Waals surface area contributed by atoms with Gasteiger partial charge in [0.15, 0.2) is 16.3 Å². The number of aromatic nitrogens is 1. The standard InChI is InChI=1S/C37H39ClN2O5S/c1-6-11-29-33(36(42)44-8-3)34(26-17-15-25(16-18-26)23(4)5)40-35(41)32(46-37(40)39-29)21-24-14-19-30(31(20-24)43-7-2)45-22-27-12-9-10-13-28(27)38/h9-10,12-21,23,34H,6-8,11,22H2,1-5H3/b32-21-/t34-/m1/s1. The Morgan fingerprint density at radius 2 is 1.76 bits per heavy atom. The van der Waals surface area contributed by atoms with Crippen LogP contribution < -0.4 is 24.4 Å². The van der Waals surface area contributed by atoms with Crippen LogP contribution in [0.4, 0.5) is 0 Å². The molecule has 7 nitrogen and oxygen atoms in total. The summed E-state index contributed by atoms with van der Waals surface area (Å²) in [4.78, 5) is 33.1. The molecular formula is C37H39ClN2O5S. The average molecular weight is 659 g/mol. The highest BCUT2D eigenvalue weighted by atomic mass is 35.5. The first-order chi connectivity index (χ1) is 22.2. The highest BCUT2D eigenvalue weighted by Gasteiger charge is 2.34. The maximum absolute atomic E-state index is 14.2. The fraction of sp³-hybridized carbons (Fsp3) is 0.324. The number of thiazole rings is 1. The molecule has 1 aliphatic rings. The zero-order chi connectivity index (χ0) is 32.8. The molecule has 0 spiro atoms. The van der Waals surface area contributed by atoms with Gasteiger partial charge in [-0.2, -0.15) is 0 Å². The Morgan fingerprint density at radius 1 is 1.00 bits per heavy atom. The molecule has 4 aromatic rings. The van der Waals surface area contributed by atoms with Gasteiger partial charge < -0.3 is 14.2 Å². The van der Waals surface area contributed by atoms with Gasteiger partial charge in [-0.15, -0.1) is 0 Å². The zero-order valence-electron chi connectivity index (χ0n) is 26.8. The number of carbonyl (C=O) groups excluding carboxylic acids is 1. The first-order valence-electron chi connectivity index (χ1n) is 15.7. The number of hydrogen-bond donors (Lipinski definition) is 0. The van der Waals surface area contributed by atoms with E-state index in [0.29, 0.717) is 62.7 Å². The van der Waals surface area contributed by atoms with Gasteiger partial charge in [0.25, 0.3) is 5.56 Å². The molecule has 1 aromatic heterocycles. The van der Waals surface area contributed by atoms with Crippen LogP contribution in [-0.2, 0) is 16.1 Å². The largest absolute Gasteiger partial charge is 0.490 e. The maximum atomic E-state index is 14.2. The number of rotatable bonds is 12. The van der Waals surface area contributed by atoms with Crippen LogP contribution >= 0.6 is 22.9 Å². The Bertz CT molecular complexity index is 1920. The van der Waals surface area contributed by atoms with Gasteiger partial charge in [-0.05, 0) is 67.2 Å². The SMILES string of the molecule is CCCC1=C(C(=O)OCC)[C@@H](c2ccc(C(C)C)cc2)n2c(s/c(=C\c3ccc(OCc4ccccc4Cl)c(OCC)c3)c2=O)=N1. The van der Waals surface area contributed by atoms with Gasteiger partial charge in [0.05, 0.1) is 35.1 Å². The van der Waals surface area contributed by atoms with Crippen molar-refractivity contribution >= 4 is 35.0 Å². The normalized spacial score (nSPS) is 14.7. The molecule has 9 heteroatoms. The van der Waals surface area contributed by atoms with Crippen LogP contribution in [0.3, 0.4) is 0 Å². The van der Waals surface area contributed by atoms with Crippen LogP contribution in [0.25, 0.3) is 6.08 Å². The number of fused-ring (bicyclic) bond motifs is 1. The van der Waals surface area contributed by atoms with Crippen molar-refractivity contribution in [3.8, 4) is 11.5 Å². The average Bonchev–Trinajstić information content (AvgIpc) is 3.35. The van der Waals surface area contributed by atoms with E-state index in [1.807, 2.05) is 74.5 Å². The van der Waals surface area contributed by atoms with E-state index in [1.54, 1.807) is 11.5 Å². The molecule has 240 valence electrons. The number of halogens is 1. The number of allylic oxidation sites excluding steroid dienone is 1. The Hall–Kier alpha value is -4.14. The predicted molar refractivity (Wildman–Crippen MR) is 184 cm³/mol. The summed E-state index contributed by atoms with van der Waals surface area (Å²) in [6.45, 7) is 11.0. The Morgan fingerprint density at radius 3 is 2.43 bits per heavy atom. The van der Waals surface area contributed by atoms with Crippen molar-refractivity contribution in [1.82, 2.24) is 4.57 Å². The van der Waals surface area contributed by atoms with E-state index in [-0.39, 0.29) is 12.2 Å². The van der Waals surface area contributed by atoms with Crippen LogP contribution in [0.2, 0.25) is 5.02 Å². The van der Waals surface area contributed by atoms with Crippen LogP contribution in [0.15, 0.2) is 87.8 Å². The van der Waals surface area contributed by atoms with Gasteiger partial charge in [0.2, 0.25) is 0 Å². The van der Waals surface area contributed by atoms with Gasteiger partial charge in [-0.3, -0.25) is 9.36 Å². The predicted octanol–water partition coefficient (Wildman–Crippen LogP) is 7.33. The number of carbonyl (C=O) groups is 1. The summed E-state index contributed by atoms with van der Waals surface area (Å²) < 4.78 is 19.6. The summed E-state index contributed by atoms with van der Waals surface area (Å²) in [5, 5.41) is 0.634. The van der Waals surface area contributed by atoms with Crippen LogP contribution in [-0.4, -0.2) is 23.8 Å². The third kappa shape index (κ3) is 7.13. The molecule has 0 radical (unpaired) electrons. The number of esters is 1. The van der Waals surface area contributed by atoms with Gasteiger partial charge in [-0.1, -0.05) is 98.7 Å². The highest BCUT2D eigenvalue weighted by Crippen LogP contribution is 2.34. The molecule has 0 N–H and O–H groups in total. The fourth-order valence-electron chi connectivity index (χ4n) is 5.42. The number of benzene rings is 3. The molecule has 0 unspecified atom stereocenters. The summed E-state index contributed by atoms with van der Waals surface area (Å²) in [7, 11) is 0. The third-order valence-corrected chi connectivity index (χ3v) is 9.07. The summed E-state index contributed by atoms with van der Waals surface area (Å²) in [6, 6.07) is 20.6. The van der Waals surface area contributed by atoms with Crippen LogP contribution in [0.1, 0.15) is 81.7 Å². The molecule has 1 atom stereocenters. The summed E-state index contributed by atoms with van der Waals surface area (Å²) in [5.74, 6) is 1.04. The van der Waals surface area contributed by atoms with Crippen molar-refractivity contribution in [3.05, 3.63) is 125 Å². The molecule has 0 bridgehead atoms. The molecule has 0 saturated heterocycles. The molecule has 3 aromatic carbocycles. The first-order valence-corrected chi connectivity index (χ1v) is 16.9. The van der Waals surface area contributed by atoms with Gasteiger partial charge in [0.1, 0.15) is 6.61 Å². The molecule has 0 amide bonds. The van der Waals surface area contributed by atoms with Crippen molar-refractivity contribution in [2.75, 3.05) is 13.2 Å². The second-order valence-electron chi connectivity index (χ2n) is 11.3. The number of nitrogens with zero attached hydrogens (tertiary/aromatic N) is 2. The van der Waals surface area contributed by atoms with E-state index in [4.69, 9.17) is 30.8 Å². The second-order valence-corrected chi connectivity index (χ2v) is 12.7. The minimum Gasteiger partial charge on any atom is -0.490 e. The zero-order valence-corrected chi connectivity index (χ0v) is 28.4. The smallest absolute Gasteiger partial charge is 0.338 e. The quantitative estimate of drug-likeness (QED) is 0.149. The molecule has 5 rings (SSSR count). The number of hydrogen-bond acceptors (Lipinski definition) is 7. The van der Waals surface area contributed by atoms with E-state index < -0.39 is 12.0 Å². The molecule has 2 heterocycles. The lowest BCUT2D eigenvalue weighted by molar-refractivity contribution is -0.139. The molecule has 46 heavy (non-hydrogen) atoms. The van der Waals surface area contributed by atoms with Gasteiger partial charge >= 0.3 is 5.97 Å². The molecule has 0 fully saturated rings. The van der Waals surface area contributed by atoms with Crippen molar-refractivity contribution in [2.24, 2.45) is 4.99 Å². The topological polar surface area (TPSA) is 79.1 Å². The van der Waals surface area contributed by atoms with Crippen molar-refractivity contribution in [3.63, 3.8) is 0 Å². The Labute approximate surface area is 278 Å². The molecule has 0 aliphatic carbocycles. The van der Waals surface area contributed by atoms with Crippen LogP contribution in [0, 0.1) is 0 Å². The maximum Gasteiger partial charge on any atom is 0.338 e. The van der Waals surface area contributed by atoms with Crippen molar-refractivity contribution in [2.45, 2.75) is 66.0 Å². The Balaban J connectivity index is 1.59. The van der Waals surface area contributed by atoms with Crippen molar-refractivity contribution in [1.29, 1.82) is 0 Å². The third-order valence-electron chi connectivity index (χ3n) is 7.72. The van der Waals surface area contributed by atoms with E-state index in [1.165, 1.54) is 16.9 Å². The minimum atomic E-state index is -0.653. The highest BCUT2D eigenvalue weighted by molar-refractivity contribution is 7.07. The van der Waals surface area contributed by atoms with Crippen LogP contribution in [0.5, 0.6) is 11.5 Å². The summed E-state index contributed by atoms with van der Waals surface area (Å²) >= 11 is 7.63. The van der Waals surface area contributed by atoms with E-state index in [2.05, 4.69) is 26.0 Å². The Kier molecular flexibility index (Phi) is 10.8. The summed E-state index contributed by atoms with van der Waals surface area (Å²) in [6.07, 6.45) is 3.21. The lowest BCUT2D eigenvalue weighted by Crippen LogP contribution is -2.40. The van der Waals surface area contributed by atoms with Crippen molar-refractivity contribution < 1.29 is 19.0 Å². The fourth-order valence-corrected chi connectivity index (χ4v) is 6.63. The monoisotopic (exact) mass is 658 g/mol.